The Morgan fingerprint density at radius 1 is 0.872 bits per heavy atom. The van der Waals surface area contributed by atoms with Gasteiger partial charge in [0.25, 0.3) is 15.9 Å². The number of amides is 1. The second-order valence-corrected chi connectivity index (χ2v) is 11.1. The zero-order valence-corrected chi connectivity index (χ0v) is 23.0. The number of nitrogens with zero attached hydrogens (tertiary/aromatic N) is 2. The van der Waals surface area contributed by atoms with Crippen molar-refractivity contribution in [2.24, 2.45) is 5.10 Å². The number of anilines is 1. The summed E-state index contributed by atoms with van der Waals surface area (Å²) in [6, 6.07) is 29.1. The van der Waals surface area contributed by atoms with Crippen LogP contribution in [0.5, 0.6) is 5.75 Å². The summed E-state index contributed by atoms with van der Waals surface area (Å²) in [6.45, 7) is 5.58. The first kappa shape index (κ1) is 27.6. The maximum Gasteiger partial charge on any atom is 0.264 e. The van der Waals surface area contributed by atoms with Crippen LogP contribution in [0.3, 0.4) is 0 Å². The van der Waals surface area contributed by atoms with Crippen molar-refractivity contribution < 1.29 is 17.9 Å². The van der Waals surface area contributed by atoms with Gasteiger partial charge in [-0.15, -0.1) is 0 Å². The molecule has 0 fully saturated rings. The molecule has 0 aliphatic carbocycles. The van der Waals surface area contributed by atoms with Crippen LogP contribution in [0.4, 0.5) is 5.69 Å². The number of hydrogen-bond donors (Lipinski definition) is 1. The number of para-hydroxylation sites is 1. The molecule has 0 radical (unpaired) electrons. The Morgan fingerprint density at radius 2 is 1.54 bits per heavy atom. The van der Waals surface area contributed by atoms with Crippen molar-refractivity contribution in [3.63, 3.8) is 0 Å². The molecule has 1 N–H and O–H groups in total. The third-order valence-corrected chi connectivity index (χ3v) is 7.84. The quantitative estimate of drug-likeness (QED) is 0.211. The van der Waals surface area contributed by atoms with Crippen LogP contribution in [0.2, 0.25) is 0 Å². The van der Waals surface area contributed by atoms with E-state index in [1.807, 2.05) is 87.5 Å². The van der Waals surface area contributed by atoms with Crippen molar-refractivity contribution in [3.8, 4) is 5.75 Å². The van der Waals surface area contributed by atoms with E-state index in [4.69, 9.17) is 4.74 Å². The first-order chi connectivity index (χ1) is 18.7. The van der Waals surface area contributed by atoms with E-state index in [9.17, 15) is 13.2 Å². The summed E-state index contributed by atoms with van der Waals surface area (Å²) >= 11 is 0. The normalized spacial score (nSPS) is 11.4. The standard InChI is InChI=1S/C31H31N3O4S/c1-23-13-16-28(17-14-23)39(36,37)34(29-18-15-24(2)19-25(29)3)21-31(35)33-32-20-27-11-7-8-12-30(27)38-22-26-9-5-4-6-10-26/h4-20H,21-22H2,1-3H3,(H,33,35)/b32-20-. The summed E-state index contributed by atoms with van der Waals surface area (Å²) in [5.41, 5.74) is 7.27. The Morgan fingerprint density at radius 3 is 2.26 bits per heavy atom. The summed E-state index contributed by atoms with van der Waals surface area (Å²) in [6.07, 6.45) is 1.48. The average molecular weight is 542 g/mol. The minimum Gasteiger partial charge on any atom is -0.488 e. The lowest BCUT2D eigenvalue weighted by atomic mass is 10.1. The molecule has 1 amide bonds. The van der Waals surface area contributed by atoms with Crippen LogP contribution in [0.25, 0.3) is 0 Å². The molecule has 0 saturated heterocycles. The van der Waals surface area contributed by atoms with Crippen molar-refractivity contribution in [1.29, 1.82) is 0 Å². The molecule has 4 aromatic rings. The minimum atomic E-state index is -4.02. The molecular weight excluding hydrogens is 510 g/mol. The largest absolute Gasteiger partial charge is 0.488 e. The van der Waals surface area contributed by atoms with Gasteiger partial charge in [0.05, 0.1) is 16.8 Å². The zero-order valence-electron chi connectivity index (χ0n) is 22.2. The van der Waals surface area contributed by atoms with Crippen LogP contribution >= 0.6 is 0 Å². The van der Waals surface area contributed by atoms with Crippen molar-refractivity contribution in [3.05, 3.63) is 125 Å². The van der Waals surface area contributed by atoms with Crippen molar-refractivity contribution in [2.75, 3.05) is 10.8 Å². The Bertz CT molecular complexity index is 1570. The smallest absolute Gasteiger partial charge is 0.264 e. The monoisotopic (exact) mass is 541 g/mol. The number of sulfonamides is 1. The Kier molecular flexibility index (Phi) is 8.78. The molecule has 0 heterocycles. The van der Waals surface area contributed by atoms with Gasteiger partial charge in [-0.1, -0.05) is 77.9 Å². The molecule has 39 heavy (non-hydrogen) atoms. The fraction of sp³-hybridized carbons (Fsp3) is 0.161. The molecule has 0 aromatic heterocycles. The highest BCUT2D eigenvalue weighted by Gasteiger charge is 2.28. The summed E-state index contributed by atoms with van der Waals surface area (Å²) in [4.78, 5) is 13.1. The fourth-order valence-electron chi connectivity index (χ4n) is 4.02. The lowest BCUT2D eigenvalue weighted by Crippen LogP contribution is -2.40. The molecule has 4 aromatic carbocycles. The summed E-state index contributed by atoms with van der Waals surface area (Å²) < 4.78 is 34.3. The van der Waals surface area contributed by atoms with Gasteiger partial charge in [-0.05, 0) is 62.2 Å². The van der Waals surface area contributed by atoms with Gasteiger partial charge in [0.1, 0.15) is 18.9 Å². The highest BCUT2D eigenvalue weighted by molar-refractivity contribution is 7.92. The second-order valence-electron chi connectivity index (χ2n) is 9.22. The van der Waals surface area contributed by atoms with Crippen LogP contribution in [0, 0.1) is 20.8 Å². The topological polar surface area (TPSA) is 88.1 Å². The molecule has 0 bridgehead atoms. The van der Waals surface area contributed by atoms with Gasteiger partial charge in [-0.2, -0.15) is 5.10 Å². The van der Waals surface area contributed by atoms with Crippen LogP contribution < -0.4 is 14.5 Å². The van der Waals surface area contributed by atoms with Gasteiger partial charge < -0.3 is 4.74 Å². The third kappa shape index (κ3) is 7.12. The van der Waals surface area contributed by atoms with E-state index in [-0.39, 0.29) is 4.90 Å². The SMILES string of the molecule is Cc1ccc(S(=O)(=O)N(CC(=O)N/N=C\c2ccccc2OCc2ccccc2)c2ccc(C)cc2C)cc1. The van der Waals surface area contributed by atoms with Crippen LogP contribution in [-0.2, 0) is 21.4 Å². The Labute approximate surface area is 229 Å². The Hall–Kier alpha value is -4.43. The number of nitrogens with one attached hydrogen (secondary N) is 1. The molecule has 0 unspecified atom stereocenters. The zero-order chi connectivity index (χ0) is 27.8. The van der Waals surface area contributed by atoms with Gasteiger partial charge >= 0.3 is 0 Å². The van der Waals surface area contributed by atoms with E-state index in [2.05, 4.69) is 10.5 Å². The van der Waals surface area contributed by atoms with Gasteiger partial charge in [0, 0.05) is 5.56 Å². The van der Waals surface area contributed by atoms with Crippen molar-refractivity contribution >= 4 is 27.8 Å². The lowest BCUT2D eigenvalue weighted by molar-refractivity contribution is -0.119. The predicted octanol–water partition coefficient (Wildman–Crippen LogP) is 5.54. The first-order valence-electron chi connectivity index (χ1n) is 12.5. The fourth-order valence-corrected chi connectivity index (χ4v) is 5.50. The summed E-state index contributed by atoms with van der Waals surface area (Å²) in [5, 5.41) is 4.08. The predicted molar refractivity (Wildman–Crippen MR) is 155 cm³/mol. The van der Waals surface area contributed by atoms with E-state index < -0.39 is 22.5 Å². The van der Waals surface area contributed by atoms with Crippen LogP contribution in [0.15, 0.2) is 107 Å². The maximum absolute atomic E-state index is 13.6. The second kappa shape index (κ2) is 12.4. The number of rotatable bonds is 10. The molecule has 0 atom stereocenters. The van der Waals surface area contributed by atoms with Crippen molar-refractivity contribution in [1.82, 2.24) is 5.43 Å². The number of hydrazone groups is 1. The number of benzene rings is 4. The maximum atomic E-state index is 13.6. The molecule has 0 saturated carbocycles. The van der Waals surface area contributed by atoms with Gasteiger partial charge in [-0.25, -0.2) is 13.8 Å². The van der Waals surface area contributed by atoms with Crippen LogP contribution in [0.1, 0.15) is 27.8 Å². The molecule has 0 spiro atoms. The number of carbonyl (C=O) groups is 1. The molecule has 8 heteroatoms. The van der Waals surface area contributed by atoms with Crippen LogP contribution in [-0.4, -0.2) is 27.1 Å². The molecule has 0 aliphatic heterocycles. The first-order valence-corrected chi connectivity index (χ1v) is 13.9. The highest BCUT2D eigenvalue weighted by atomic mass is 32.2. The summed E-state index contributed by atoms with van der Waals surface area (Å²) in [5.74, 6) is 0.0304. The van der Waals surface area contributed by atoms with E-state index >= 15 is 0 Å². The molecular formula is C31H31N3O4S. The third-order valence-electron chi connectivity index (χ3n) is 6.07. The molecule has 200 valence electrons. The minimum absolute atomic E-state index is 0.105. The van der Waals surface area contributed by atoms with E-state index in [1.165, 1.54) is 6.21 Å². The number of hydrogen-bond acceptors (Lipinski definition) is 5. The molecule has 4 rings (SSSR count). The summed E-state index contributed by atoms with van der Waals surface area (Å²) in [7, 11) is -4.02. The van der Waals surface area contributed by atoms with Gasteiger partial charge in [0.15, 0.2) is 0 Å². The highest BCUT2D eigenvalue weighted by Crippen LogP contribution is 2.27. The number of aryl methyl sites for hydroxylation is 3. The van der Waals surface area contributed by atoms with E-state index in [0.29, 0.717) is 23.6 Å². The average Bonchev–Trinajstić information content (AvgIpc) is 2.92. The number of ether oxygens (including phenoxy) is 1. The van der Waals surface area contributed by atoms with E-state index in [1.54, 1.807) is 30.3 Å². The van der Waals surface area contributed by atoms with Gasteiger partial charge in [0.2, 0.25) is 0 Å². The van der Waals surface area contributed by atoms with Crippen molar-refractivity contribution in [2.45, 2.75) is 32.3 Å². The number of carbonyl (C=O) groups excluding carboxylic acids is 1. The molecule has 7 nitrogen and oxygen atoms in total. The lowest BCUT2D eigenvalue weighted by Gasteiger charge is -2.25. The van der Waals surface area contributed by atoms with E-state index in [0.717, 1.165) is 26.6 Å². The van der Waals surface area contributed by atoms with Gasteiger partial charge in [-0.3, -0.25) is 9.10 Å². The Balaban J connectivity index is 1.51. The molecule has 0 aliphatic rings.